The van der Waals surface area contributed by atoms with Crippen molar-refractivity contribution >= 4 is 11.9 Å². The Labute approximate surface area is 111 Å². The van der Waals surface area contributed by atoms with Crippen LogP contribution in [0.3, 0.4) is 0 Å². The lowest BCUT2D eigenvalue weighted by Crippen LogP contribution is -2.43. The molecule has 1 unspecified atom stereocenters. The number of nitrogens with two attached hydrogens (primary N) is 1. The third-order valence-corrected chi connectivity index (χ3v) is 2.64. The zero-order chi connectivity index (χ0) is 14.3. The van der Waals surface area contributed by atoms with Crippen molar-refractivity contribution in [2.75, 3.05) is 6.54 Å². The second-order valence-corrected chi connectivity index (χ2v) is 4.23. The molecule has 1 aromatic rings. The summed E-state index contributed by atoms with van der Waals surface area (Å²) in [7, 11) is 0. The molecule has 0 aliphatic rings. The lowest BCUT2D eigenvalue weighted by molar-refractivity contribution is -0.147. The number of aliphatic hydroxyl groups is 1. The van der Waals surface area contributed by atoms with E-state index in [9.17, 15) is 9.59 Å². The van der Waals surface area contributed by atoms with Gasteiger partial charge in [0.05, 0.1) is 6.04 Å². The quantitative estimate of drug-likeness (QED) is 0.532. The van der Waals surface area contributed by atoms with E-state index in [2.05, 4.69) is 5.32 Å². The van der Waals surface area contributed by atoms with E-state index >= 15 is 0 Å². The smallest absolute Gasteiger partial charge is 0.332 e. The van der Waals surface area contributed by atoms with E-state index in [4.69, 9.17) is 15.9 Å². The summed E-state index contributed by atoms with van der Waals surface area (Å²) in [6, 6.07) is 8.67. The molecular weight excluding hydrogens is 248 g/mol. The molecule has 1 rings (SSSR count). The molecule has 0 bridgehead atoms. The number of carboxylic acid groups (broad SMARTS) is 1. The Morgan fingerprint density at radius 1 is 1.26 bits per heavy atom. The van der Waals surface area contributed by atoms with E-state index in [1.165, 1.54) is 0 Å². The Morgan fingerprint density at radius 3 is 2.47 bits per heavy atom. The van der Waals surface area contributed by atoms with Gasteiger partial charge in [-0.2, -0.15) is 0 Å². The minimum absolute atomic E-state index is 0.0425. The SMILES string of the molecule is N[C@@H](Cc1ccccc1)C(=O)NCCC(O)C(=O)O. The number of carbonyl (C=O) groups excluding carboxylic acids is 1. The third kappa shape index (κ3) is 5.50. The van der Waals surface area contributed by atoms with E-state index in [1.807, 2.05) is 30.3 Å². The lowest BCUT2D eigenvalue weighted by Gasteiger charge is -2.13. The van der Waals surface area contributed by atoms with Gasteiger partial charge in [0.1, 0.15) is 0 Å². The van der Waals surface area contributed by atoms with E-state index in [0.29, 0.717) is 6.42 Å². The Balaban J connectivity index is 2.31. The fraction of sp³-hybridized carbons (Fsp3) is 0.385. The van der Waals surface area contributed by atoms with Crippen molar-refractivity contribution < 1.29 is 19.8 Å². The highest BCUT2D eigenvalue weighted by atomic mass is 16.4. The van der Waals surface area contributed by atoms with E-state index in [0.717, 1.165) is 5.56 Å². The molecule has 0 aromatic heterocycles. The average molecular weight is 266 g/mol. The predicted molar refractivity (Wildman–Crippen MR) is 69.4 cm³/mol. The van der Waals surface area contributed by atoms with E-state index < -0.39 is 18.1 Å². The number of hydrogen-bond donors (Lipinski definition) is 4. The lowest BCUT2D eigenvalue weighted by atomic mass is 10.1. The molecule has 0 fully saturated rings. The van der Waals surface area contributed by atoms with Crippen molar-refractivity contribution in [1.29, 1.82) is 0 Å². The van der Waals surface area contributed by atoms with Crippen LogP contribution in [0.1, 0.15) is 12.0 Å². The van der Waals surface area contributed by atoms with Crippen molar-refractivity contribution in [1.82, 2.24) is 5.32 Å². The molecule has 1 amide bonds. The number of aliphatic hydroxyl groups excluding tert-OH is 1. The van der Waals surface area contributed by atoms with Crippen LogP contribution in [0.15, 0.2) is 30.3 Å². The molecule has 104 valence electrons. The fourth-order valence-electron chi connectivity index (χ4n) is 1.55. The molecule has 0 heterocycles. The summed E-state index contributed by atoms with van der Waals surface area (Å²) in [5, 5.41) is 20.0. The highest BCUT2D eigenvalue weighted by molar-refractivity contribution is 5.81. The predicted octanol–water partition coefficient (Wildman–Crippen LogP) is -0.492. The second-order valence-electron chi connectivity index (χ2n) is 4.23. The summed E-state index contributed by atoms with van der Waals surface area (Å²) >= 11 is 0. The van der Waals surface area contributed by atoms with Gasteiger partial charge in [-0.25, -0.2) is 4.79 Å². The summed E-state index contributed by atoms with van der Waals surface area (Å²) in [6.07, 6.45) is -1.10. The standard InChI is InChI=1S/C13H18N2O4/c14-10(8-9-4-2-1-3-5-9)12(17)15-7-6-11(16)13(18)19/h1-5,10-11,16H,6-8,14H2,(H,15,17)(H,18,19)/t10-,11?/m0/s1. The van der Waals surface area contributed by atoms with Crippen LogP contribution in [0.2, 0.25) is 0 Å². The maximum absolute atomic E-state index is 11.6. The van der Waals surface area contributed by atoms with Crippen molar-refractivity contribution in [3.63, 3.8) is 0 Å². The molecule has 5 N–H and O–H groups in total. The number of benzene rings is 1. The number of hydrogen-bond acceptors (Lipinski definition) is 4. The van der Waals surface area contributed by atoms with Gasteiger partial charge >= 0.3 is 5.97 Å². The Bertz CT molecular complexity index is 422. The van der Waals surface area contributed by atoms with Crippen LogP contribution in [0.4, 0.5) is 0 Å². The van der Waals surface area contributed by atoms with Crippen LogP contribution in [0.25, 0.3) is 0 Å². The van der Waals surface area contributed by atoms with Gasteiger partial charge in [0, 0.05) is 13.0 Å². The van der Waals surface area contributed by atoms with Gasteiger partial charge in [0.2, 0.25) is 5.91 Å². The molecule has 6 heteroatoms. The molecule has 6 nitrogen and oxygen atoms in total. The minimum atomic E-state index is -1.47. The maximum Gasteiger partial charge on any atom is 0.332 e. The van der Waals surface area contributed by atoms with Gasteiger partial charge in [-0.15, -0.1) is 0 Å². The molecule has 0 aliphatic carbocycles. The second kappa shape index (κ2) is 7.50. The maximum atomic E-state index is 11.6. The zero-order valence-corrected chi connectivity index (χ0v) is 10.5. The molecule has 19 heavy (non-hydrogen) atoms. The number of carbonyl (C=O) groups is 2. The van der Waals surface area contributed by atoms with Gasteiger partial charge in [-0.05, 0) is 12.0 Å². The summed E-state index contributed by atoms with van der Waals surface area (Å²) in [5.41, 5.74) is 6.69. The first-order valence-corrected chi connectivity index (χ1v) is 5.99. The van der Waals surface area contributed by atoms with Crippen LogP contribution in [-0.4, -0.2) is 40.8 Å². The van der Waals surface area contributed by atoms with Crippen LogP contribution < -0.4 is 11.1 Å². The van der Waals surface area contributed by atoms with Crippen molar-refractivity contribution in [3.8, 4) is 0 Å². The average Bonchev–Trinajstić information content (AvgIpc) is 2.39. The molecule has 0 saturated carbocycles. The van der Waals surface area contributed by atoms with Gasteiger partial charge in [-0.1, -0.05) is 30.3 Å². The molecule has 0 saturated heterocycles. The van der Waals surface area contributed by atoms with Crippen molar-refractivity contribution in [2.24, 2.45) is 5.73 Å². The number of rotatable bonds is 7. The molecule has 0 spiro atoms. The van der Waals surface area contributed by atoms with Crippen LogP contribution in [0, 0.1) is 0 Å². The first-order chi connectivity index (χ1) is 9.00. The van der Waals surface area contributed by atoms with Crippen LogP contribution >= 0.6 is 0 Å². The van der Waals surface area contributed by atoms with E-state index in [1.54, 1.807) is 0 Å². The van der Waals surface area contributed by atoms with Crippen molar-refractivity contribution in [3.05, 3.63) is 35.9 Å². The summed E-state index contributed by atoms with van der Waals surface area (Å²) in [4.78, 5) is 22.0. The van der Waals surface area contributed by atoms with Gasteiger partial charge in [0.25, 0.3) is 0 Å². The monoisotopic (exact) mass is 266 g/mol. The van der Waals surface area contributed by atoms with Gasteiger partial charge in [-0.3, -0.25) is 4.79 Å². The minimum Gasteiger partial charge on any atom is -0.479 e. The first kappa shape index (κ1) is 15.1. The molecular formula is C13H18N2O4. The van der Waals surface area contributed by atoms with Crippen molar-refractivity contribution in [2.45, 2.75) is 25.0 Å². The Kier molecular flexibility index (Phi) is 5.98. The summed E-state index contributed by atoms with van der Waals surface area (Å²) < 4.78 is 0. The van der Waals surface area contributed by atoms with Gasteiger partial charge in [0.15, 0.2) is 6.10 Å². The fourth-order valence-corrected chi connectivity index (χ4v) is 1.55. The first-order valence-electron chi connectivity index (χ1n) is 5.99. The topological polar surface area (TPSA) is 113 Å². The molecule has 0 aliphatic heterocycles. The highest BCUT2D eigenvalue weighted by Gasteiger charge is 2.16. The number of aliphatic carboxylic acids is 1. The Hall–Kier alpha value is -1.92. The summed E-state index contributed by atoms with van der Waals surface area (Å²) in [6.45, 7) is 0.0782. The number of carboxylic acids is 1. The highest BCUT2D eigenvalue weighted by Crippen LogP contribution is 2.01. The Morgan fingerprint density at radius 2 is 1.89 bits per heavy atom. The zero-order valence-electron chi connectivity index (χ0n) is 10.5. The number of amides is 1. The van der Waals surface area contributed by atoms with E-state index in [-0.39, 0.29) is 18.9 Å². The largest absolute Gasteiger partial charge is 0.479 e. The van der Waals surface area contributed by atoms with Crippen LogP contribution in [0.5, 0.6) is 0 Å². The molecule has 2 atom stereocenters. The van der Waals surface area contributed by atoms with Crippen LogP contribution in [-0.2, 0) is 16.0 Å². The third-order valence-electron chi connectivity index (χ3n) is 2.64. The number of nitrogens with one attached hydrogen (secondary N) is 1. The molecule has 0 radical (unpaired) electrons. The van der Waals surface area contributed by atoms with Gasteiger partial charge < -0.3 is 21.3 Å². The molecule has 1 aromatic carbocycles. The normalized spacial score (nSPS) is 13.6. The summed E-state index contributed by atoms with van der Waals surface area (Å²) in [5.74, 6) is -1.66.